The molecule has 18 heavy (non-hydrogen) atoms. The first-order chi connectivity index (χ1) is 8.52. The van der Waals surface area contributed by atoms with Crippen molar-refractivity contribution in [3.05, 3.63) is 41.2 Å². The Morgan fingerprint density at radius 2 is 2.11 bits per heavy atom. The molecule has 4 nitrogen and oxygen atoms in total. The van der Waals surface area contributed by atoms with Crippen LogP contribution in [0.1, 0.15) is 28.5 Å². The van der Waals surface area contributed by atoms with Crippen molar-refractivity contribution in [3.8, 4) is 11.1 Å². The highest BCUT2D eigenvalue weighted by molar-refractivity contribution is 5.89. The highest BCUT2D eigenvalue weighted by Gasteiger charge is 2.12. The molecule has 0 amide bonds. The molecular weight excluding hydrogens is 228 g/mol. The van der Waals surface area contributed by atoms with Crippen molar-refractivity contribution in [3.63, 3.8) is 0 Å². The Morgan fingerprint density at radius 3 is 2.67 bits per heavy atom. The Labute approximate surface area is 106 Å². The first kappa shape index (κ1) is 12.4. The zero-order chi connectivity index (χ0) is 13.3. The van der Waals surface area contributed by atoms with Gasteiger partial charge in [0.05, 0.1) is 11.3 Å². The van der Waals surface area contributed by atoms with E-state index in [1.807, 2.05) is 26.2 Å². The first-order valence-electron chi connectivity index (χ1n) is 5.89. The molecule has 1 aromatic heterocycles. The van der Waals surface area contributed by atoms with Crippen LogP contribution in [0.15, 0.2) is 24.4 Å². The van der Waals surface area contributed by atoms with Gasteiger partial charge < -0.3 is 5.11 Å². The molecule has 0 aliphatic carbocycles. The second-order valence-corrected chi connectivity index (χ2v) is 4.35. The Morgan fingerprint density at radius 1 is 1.39 bits per heavy atom. The molecule has 2 rings (SSSR count). The number of rotatable bonds is 3. The predicted octanol–water partition coefficient (Wildman–Crippen LogP) is 2.66. The van der Waals surface area contributed by atoms with Crippen molar-refractivity contribution in [2.45, 2.75) is 20.3 Å². The summed E-state index contributed by atoms with van der Waals surface area (Å²) in [5.74, 6) is -0.897. The summed E-state index contributed by atoms with van der Waals surface area (Å²) >= 11 is 0. The van der Waals surface area contributed by atoms with E-state index in [1.165, 1.54) is 0 Å². The molecule has 1 heterocycles. The number of carboxylic acid groups (broad SMARTS) is 1. The maximum atomic E-state index is 10.9. The minimum atomic E-state index is -0.897. The summed E-state index contributed by atoms with van der Waals surface area (Å²) in [5, 5.41) is 13.4. The number of carboxylic acids is 1. The lowest BCUT2D eigenvalue weighted by molar-refractivity contribution is 0.0697. The maximum Gasteiger partial charge on any atom is 0.335 e. The summed E-state index contributed by atoms with van der Waals surface area (Å²) in [7, 11) is 1.89. The molecule has 1 aromatic carbocycles. The largest absolute Gasteiger partial charge is 0.478 e. The van der Waals surface area contributed by atoms with E-state index in [1.54, 1.807) is 16.8 Å². The second-order valence-electron chi connectivity index (χ2n) is 4.35. The topological polar surface area (TPSA) is 55.1 Å². The van der Waals surface area contributed by atoms with Gasteiger partial charge in [0.1, 0.15) is 0 Å². The fourth-order valence-electron chi connectivity index (χ4n) is 2.12. The maximum absolute atomic E-state index is 10.9. The van der Waals surface area contributed by atoms with Gasteiger partial charge in [-0.3, -0.25) is 4.68 Å². The van der Waals surface area contributed by atoms with Gasteiger partial charge in [-0.1, -0.05) is 13.0 Å². The van der Waals surface area contributed by atoms with Crippen LogP contribution in [0.2, 0.25) is 0 Å². The van der Waals surface area contributed by atoms with Crippen LogP contribution in [0.3, 0.4) is 0 Å². The standard InChI is InChI=1S/C14H16N2O2/c1-4-13-12(8-16(3)15-13)11-6-5-10(14(17)18)7-9(11)2/h5-8H,4H2,1-3H3,(H,17,18). The average Bonchev–Trinajstić information content (AvgIpc) is 2.70. The van der Waals surface area contributed by atoms with Crippen LogP contribution in [0, 0.1) is 6.92 Å². The van der Waals surface area contributed by atoms with Gasteiger partial charge in [0.25, 0.3) is 0 Å². The summed E-state index contributed by atoms with van der Waals surface area (Å²) in [6, 6.07) is 5.19. The molecule has 0 atom stereocenters. The quantitative estimate of drug-likeness (QED) is 0.903. The molecule has 0 fully saturated rings. The van der Waals surface area contributed by atoms with Crippen molar-refractivity contribution in [2.24, 2.45) is 7.05 Å². The van der Waals surface area contributed by atoms with E-state index in [0.717, 1.165) is 28.8 Å². The summed E-state index contributed by atoms with van der Waals surface area (Å²) in [6.07, 6.45) is 2.83. The number of hydrogen-bond donors (Lipinski definition) is 1. The number of aromatic carboxylic acids is 1. The van der Waals surface area contributed by atoms with Crippen molar-refractivity contribution in [1.29, 1.82) is 0 Å². The van der Waals surface area contributed by atoms with Gasteiger partial charge in [0, 0.05) is 18.8 Å². The normalized spacial score (nSPS) is 10.6. The molecule has 2 aromatic rings. The van der Waals surface area contributed by atoms with E-state index in [4.69, 9.17) is 5.11 Å². The smallest absolute Gasteiger partial charge is 0.335 e. The average molecular weight is 244 g/mol. The van der Waals surface area contributed by atoms with Crippen molar-refractivity contribution < 1.29 is 9.90 Å². The summed E-state index contributed by atoms with van der Waals surface area (Å²) < 4.78 is 1.79. The number of carbonyl (C=O) groups is 1. The SMILES string of the molecule is CCc1nn(C)cc1-c1ccc(C(=O)O)cc1C. The van der Waals surface area contributed by atoms with Crippen molar-refractivity contribution >= 4 is 5.97 Å². The molecular formula is C14H16N2O2. The van der Waals surface area contributed by atoms with Gasteiger partial charge in [-0.25, -0.2) is 4.79 Å². The molecule has 0 aliphatic heterocycles. The Hall–Kier alpha value is -2.10. The van der Waals surface area contributed by atoms with Crippen LogP contribution in [0.5, 0.6) is 0 Å². The Kier molecular flexibility index (Phi) is 3.19. The van der Waals surface area contributed by atoms with E-state index in [0.29, 0.717) is 5.56 Å². The number of hydrogen-bond acceptors (Lipinski definition) is 2. The third-order valence-electron chi connectivity index (χ3n) is 3.00. The minimum absolute atomic E-state index is 0.318. The molecule has 0 spiro atoms. The lowest BCUT2D eigenvalue weighted by Crippen LogP contribution is -1.97. The molecule has 1 N–H and O–H groups in total. The minimum Gasteiger partial charge on any atom is -0.478 e. The molecule has 0 radical (unpaired) electrons. The Bertz CT molecular complexity index is 600. The highest BCUT2D eigenvalue weighted by atomic mass is 16.4. The second kappa shape index (κ2) is 4.64. The van der Waals surface area contributed by atoms with E-state index >= 15 is 0 Å². The van der Waals surface area contributed by atoms with E-state index in [-0.39, 0.29) is 0 Å². The third kappa shape index (κ3) is 2.14. The zero-order valence-corrected chi connectivity index (χ0v) is 10.8. The molecule has 0 unspecified atom stereocenters. The fraction of sp³-hybridized carbons (Fsp3) is 0.286. The summed E-state index contributed by atoms with van der Waals surface area (Å²) in [5.41, 5.74) is 4.43. The molecule has 0 saturated carbocycles. The van der Waals surface area contributed by atoms with Gasteiger partial charge >= 0.3 is 5.97 Å². The molecule has 94 valence electrons. The van der Waals surface area contributed by atoms with Crippen LogP contribution >= 0.6 is 0 Å². The van der Waals surface area contributed by atoms with Gasteiger partial charge in [0.2, 0.25) is 0 Å². The van der Waals surface area contributed by atoms with Crippen LogP contribution in [0.4, 0.5) is 0 Å². The molecule has 0 aliphatic rings. The van der Waals surface area contributed by atoms with Crippen LogP contribution in [0.25, 0.3) is 11.1 Å². The Balaban J connectivity index is 2.54. The van der Waals surface area contributed by atoms with Gasteiger partial charge in [-0.2, -0.15) is 5.10 Å². The molecule has 4 heteroatoms. The first-order valence-corrected chi connectivity index (χ1v) is 5.89. The number of aryl methyl sites for hydroxylation is 3. The monoisotopic (exact) mass is 244 g/mol. The van der Waals surface area contributed by atoms with E-state index in [9.17, 15) is 4.79 Å². The zero-order valence-electron chi connectivity index (χ0n) is 10.8. The summed E-state index contributed by atoms with van der Waals surface area (Å²) in [6.45, 7) is 3.99. The molecule has 0 bridgehead atoms. The fourth-order valence-corrected chi connectivity index (χ4v) is 2.12. The predicted molar refractivity (Wildman–Crippen MR) is 69.7 cm³/mol. The van der Waals surface area contributed by atoms with Crippen LogP contribution in [-0.4, -0.2) is 20.9 Å². The number of aromatic nitrogens is 2. The van der Waals surface area contributed by atoms with E-state index < -0.39 is 5.97 Å². The lowest BCUT2D eigenvalue weighted by Gasteiger charge is -2.06. The molecule has 0 saturated heterocycles. The highest BCUT2D eigenvalue weighted by Crippen LogP contribution is 2.27. The van der Waals surface area contributed by atoms with Crippen molar-refractivity contribution in [1.82, 2.24) is 9.78 Å². The van der Waals surface area contributed by atoms with Gasteiger partial charge in [-0.15, -0.1) is 0 Å². The van der Waals surface area contributed by atoms with Crippen LogP contribution < -0.4 is 0 Å². The van der Waals surface area contributed by atoms with E-state index in [2.05, 4.69) is 12.0 Å². The third-order valence-corrected chi connectivity index (χ3v) is 3.00. The lowest BCUT2D eigenvalue weighted by atomic mass is 9.98. The van der Waals surface area contributed by atoms with Crippen LogP contribution in [-0.2, 0) is 13.5 Å². The van der Waals surface area contributed by atoms with Gasteiger partial charge in [-0.05, 0) is 36.6 Å². The summed E-state index contributed by atoms with van der Waals surface area (Å²) in [4.78, 5) is 10.9. The van der Waals surface area contributed by atoms with Gasteiger partial charge in [0.15, 0.2) is 0 Å². The number of benzene rings is 1. The van der Waals surface area contributed by atoms with Crippen molar-refractivity contribution in [2.75, 3.05) is 0 Å². The number of nitrogens with zero attached hydrogens (tertiary/aromatic N) is 2.